The first-order chi connectivity index (χ1) is 12.1. The Morgan fingerprint density at radius 3 is 1.46 bits per heavy atom. The average molecular weight is 345 g/mol. The van der Waals surface area contributed by atoms with Crippen LogP contribution in [0.1, 0.15) is 66.5 Å². The normalized spacial score (nSPS) is 14.6. The Kier molecular flexibility index (Phi) is 4.97. The molecule has 0 bridgehead atoms. The number of benzene rings is 2. The Bertz CT molecular complexity index is 793. The van der Waals surface area contributed by atoms with Gasteiger partial charge in [0.2, 0.25) is 0 Å². The molecule has 26 heavy (non-hydrogen) atoms. The molecule has 0 saturated heterocycles. The lowest BCUT2D eigenvalue weighted by Crippen LogP contribution is -2.16. The van der Waals surface area contributed by atoms with E-state index in [4.69, 9.17) is 0 Å². The molecule has 136 valence electrons. The van der Waals surface area contributed by atoms with Gasteiger partial charge in [-0.2, -0.15) is 0 Å². The number of rotatable bonds is 3. The summed E-state index contributed by atoms with van der Waals surface area (Å²) in [5.74, 6) is 0.306. The quantitative estimate of drug-likeness (QED) is 0.546. The van der Waals surface area contributed by atoms with Gasteiger partial charge in [0.25, 0.3) is 0 Å². The molecule has 1 aliphatic rings. The van der Waals surface area contributed by atoms with Crippen LogP contribution < -0.4 is 0 Å². The highest BCUT2D eigenvalue weighted by Gasteiger charge is 2.30. The summed E-state index contributed by atoms with van der Waals surface area (Å²) in [6.07, 6.45) is 5.92. The van der Waals surface area contributed by atoms with Gasteiger partial charge in [-0.3, -0.25) is 0 Å². The maximum absolute atomic E-state index is 2.45. The predicted octanol–water partition coefficient (Wildman–Crippen LogP) is 7.35. The van der Waals surface area contributed by atoms with E-state index in [9.17, 15) is 0 Å². The van der Waals surface area contributed by atoms with Gasteiger partial charge in [-0.25, -0.2) is 0 Å². The molecule has 0 unspecified atom stereocenters. The first-order valence-corrected chi connectivity index (χ1v) is 9.72. The highest BCUT2D eigenvalue weighted by molar-refractivity contribution is 5.55. The molecule has 0 heterocycles. The van der Waals surface area contributed by atoms with Crippen LogP contribution in [0.15, 0.2) is 59.7 Å². The summed E-state index contributed by atoms with van der Waals surface area (Å²) in [6, 6.07) is 14.0. The zero-order chi connectivity index (χ0) is 19.1. The molecule has 0 atom stereocenters. The second-order valence-electron chi connectivity index (χ2n) is 9.04. The number of hydrogen-bond acceptors (Lipinski definition) is 0. The Morgan fingerprint density at radius 1 is 0.654 bits per heavy atom. The van der Waals surface area contributed by atoms with Crippen molar-refractivity contribution in [3.63, 3.8) is 0 Å². The molecule has 0 saturated carbocycles. The molecular weight excluding hydrogens is 312 g/mol. The van der Waals surface area contributed by atoms with Crippen molar-refractivity contribution in [2.45, 2.75) is 60.8 Å². The molecule has 0 spiro atoms. The average Bonchev–Trinajstić information content (AvgIpc) is 2.94. The van der Waals surface area contributed by atoms with Gasteiger partial charge in [0.1, 0.15) is 0 Å². The Hall–Kier alpha value is -2.08. The minimum atomic E-state index is 0.165. The van der Waals surface area contributed by atoms with Crippen LogP contribution in [-0.4, -0.2) is 0 Å². The molecule has 0 amide bonds. The van der Waals surface area contributed by atoms with E-state index in [0.29, 0.717) is 5.92 Å². The van der Waals surface area contributed by atoms with Crippen molar-refractivity contribution in [1.82, 2.24) is 0 Å². The first-order valence-electron chi connectivity index (χ1n) is 9.72. The largest absolute Gasteiger partial charge is 0.0767 e. The summed E-state index contributed by atoms with van der Waals surface area (Å²) in [5.41, 5.74) is 11.4. The predicted molar refractivity (Wildman–Crippen MR) is 114 cm³/mol. The summed E-state index contributed by atoms with van der Waals surface area (Å²) in [4.78, 5) is 0. The zero-order valence-electron chi connectivity index (χ0n) is 17.4. The van der Waals surface area contributed by atoms with Crippen LogP contribution in [0, 0.1) is 33.1 Å². The Morgan fingerprint density at radius 2 is 1.08 bits per heavy atom. The molecule has 2 aromatic rings. The van der Waals surface area contributed by atoms with Gasteiger partial charge < -0.3 is 0 Å². The smallest absolute Gasteiger partial charge is 0.0340 e. The highest BCUT2D eigenvalue weighted by Crippen LogP contribution is 2.45. The zero-order valence-corrected chi connectivity index (χ0v) is 17.4. The van der Waals surface area contributed by atoms with Crippen LogP contribution >= 0.6 is 0 Å². The van der Waals surface area contributed by atoms with Crippen molar-refractivity contribution in [2.75, 3.05) is 0 Å². The number of aryl methyl sites for hydroxylation is 4. The van der Waals surface area contributed by atoms with Gasteiger partial charge in [-0.1, -0.05) is 91.6 Å². The van der Waals surface area contributed by atoms with Gasteiger partial charge >= 0.3 is 0 Å². The fourth-order valence-corrected chi connectivity index (χ4v) is 4.45. The lowest BCUT2D eigenvalue weighted by Gasteiger charge is -2.30. The van der Waals surface area contributed by atoms with E-state index in [1.165, 1.54) is 44.5 Å². The summed E-state index contributed by atoms with van der Waals surface area (Å²) >= 11 is 0. The molecule has 0 heteroatoms. The maximum Gasteiger partial charge on any atom is 0.0340 e. The van der Waals surface area contributed by atoms with E-state index in [1.807, 2.05) is 0 Å². The van der Waals surface area contributed by atoms with Crippen molar-refractivity contribution in [3.8, 4) is 0 Å². The van der Waals surface area contributed by atoms with Gasteiger partial charge in [-0.05, 0) is 61.8 Å². The van der Waals surface area contributed by atoms with Gasteiger partial charge in [0, 0.05) is 5.92 Å². The fraction of sp³-hybridized carbons (Fsp3) is 0.385. The minimum absolute atomic E-state index is 0.165. The monoisotopic (exact) mass is 344 g/mol. The third-order valence-electron chi connectivity index (χ3n) is 5.24. The first kappa shape index (κ1) is 18.7. The fourth-order valence-electron chi connectivity index (χ4n) is 4.45. The van der Waals surface area contributed by atoms with Crippen molar-refractivity contribution >= 4 is 0 Å². The second kappa shape index (κ2) is 6.91. The molecular formula is C26H32. The minimum Gasteiger partial charge on any atom is -0.0767 e. The molecule has 0 nitrogen and oxygen atoms in total. The molecule has 0 N–H and O–H groups in total. The van der Waals surface area contributed by atoms with E-state index in [2.05, 4.69) is 97.0 Å². The lowest BCUT2D eigenvalue weighted by atomic mass is 9.74. The van der Waals surface area contributed by atoms with Crippen LogP contribution in [0.2, 0.25) is 0 Å². The second-order valence-corrected chi connectivity index (χ2v) is 9.04. The van der Waals surface area contributed by atoms with Crippen molar-refractivity contribution in [1.29, 1.82) is 0 Å². The van der Waals surface area contributed by atoms with Crippen molar-refractivity contribution < 1.29 is 0 Å². The van der Waals surface area contributed by atoms with Gasteiger partial charge in [0.15, 0.2) is 0 Å². The van der Waals surface area contributed by atoms with Crippen molar-refractivity contribution in [3.05, 3.63) is 93.1 Å². The molecule has 2 aromatic carbocycles. The molecule has 0 aliphatic heterocycles. The number of hydrogen-bond donors (Lipinski definition) is 0. The molecule has 1 aliphatic carbocycles. The maximum atomic E-state index is 2.45. The van der Waals surface area contributed by atoms with Crippen LogP contribution in [0.3, 0.4) is 0 Å². The SMILES string of the molecule is Cc1cc(C)cc(C(C2=CCC=C2C(C)(C)C)c2cc(C)cc(C)c2)c1. The summed E-state index contributed by atoms with van der Waals surface area (Å²) in [5, 5.41) is 0. The molecule has 0 aromatic heterocycles. The van der Waals surface area contributed by atoms with E-state index in [0.717, 1.165) is 6.42 Å². The Labute approximate surface area is 159 Å². The molecule has 0 fully saturated rings. The van der Waals surface area contributed by atoms with Crippen molar-refractivity contribution in [2.24, 2.45) is 5.41 Å². The Balaban J connectivity index is 2.22. The summed E-state index contributed by atoms with van der Waals surface area (Å²) < 4.78 is 0. The summed E-state index contributed by atoms with van der Waals surface area (Å²) in [6.45, 7) is 15.8. The third-order valence-corrected chi connectivity index (χ3v) is 5.24. The third kappa shape index (κ3) is 3.85. The number of allylic oxidation sites excluding steroid dienone is 4. The standard InChI is InChI=1S/C26H32/c1-17-11-18(2)14-21(13-17)25(22-15-19(3)12-20(4)16-22)23-9-8-10-24(23)26(5,6)7/h9-16,25H,8H2,1-7H3. The van der Waals surface area contributed by atoms with Gasteiger partial charge in [0.05, 0.1) is 0 Å². The van der Waals surface area contributed by atoms with Crippen LogP contribution in [-0.2, 0) is 0 Å². The lowest BCUT2D eigenvalue weighted by molar-refractivity contribution is 0.506. The van der Waals surface area contributed by atoms with Gasteiger partial charge in [-0.15, -0.1) is 0 Å². The van der Waals surface area contributed by atoms with Crippen LogP contribution in [0.5, 0.6) is 0 Å². The molecule has 3 rings (SSSR count). The van der Waals surface area contributed by atoms with E-state index < -0.39 is 0 Å². The van der Waals surface area contributed by atoms with E-state index in [-0.39, 0.29) is 5.41 Å². The highest BCUT2D eigenvalue weighted by atomic mass is 14.3. The van der Waals surface area contributed by atoms with Crippen LogP contribution in [0.4, 0.5) is 0 Å². The van der Waals surface area contributed by atoms with E-state index in [1.54, 1.807) is 0 Å². The van der Waals surface area contributed by atoms with E-state index >= 15 is 0 Å². The topological polar surface area (TPSA) is 0 Å². The summed E-state index contributed by atoms with van der Waals surface area (Å²) in [7, 11) is 0. The molecule has 0 radical (unpaired) electrons. The van der Waals surface area contributed by atoms with Crippen LogP contribution in [0.25, 0.3) is 0 Å².